The molecule has 38 heavy (non-hydrogen) atoms. The van der Waals surface area contributed by atoms with Crippen LogP contribution in [0.3, 0.4) is 0 Å². The summed E-state index contributed by atoms with van der Waals surface area (Å²) < 4.78 is 60.6. The molecule has 0 spiro atoms. The second kappa shape index (κ2) is 11.1. The Balaban J connectivity index is 1.43. The van der Waals surface area contributed by atoms with Gasteiger partial charge in [-0.2, -0.15) is 0 Å². The summed E-state index contributed by atoms with van der Waals surface area (Å²) in [5, 5.41) is 10.2. The van der Waals surface area contributed by atoms with Crippen LogP contribution >= 0.6 is 0 Å². The summed E-state index contributed by atoms with van der Waals surface area (Å²) >= 11 is 0. The number of fused-ring (bicyclic) bond motifs is 1. The quantitative estimate of drug-likeness (QED) is 0.320. The van der Waals surface area contributed by atoms with E-state index in [1.165, 1.54) is 12.1 Å². The van der Waals surface area contributed by atoms with E-state index in [-0.39, 0.29) is 24.3 Å². The number of phenolic OH excluding ortho intramolecular Hbond substituents is 1. The van der Waals surface area contributed by atoms with Crippen molar-refractivity contribution in [3.8, 4) is 17.2 Å². The number of aryl methyl sites for hydroxylation is 1. The monoisotopic (exact) mass is 527 g/mol. The number of rotatable bonds is 8. The first-order valence-electron chi connectivity index (χ1n) is 12.8. The molecule has 1 aliphatic carbocycles. The highest BCUT2D eigenvalue weighted by Crippen LogP contribution is 2.42. The number of ether oxygens (including phenoxy) is 2. The Kier molecular flexibility index (Phi) is 7.61. The van der Waals surface area contributed by atoms with E-state index >= 15 is 0 Å². The number of phenols is 1. The van der Waals surface area contributed by atoms with Gasteiger partial charge in [0.15, 0.2) is 0 Å². The predicted octanol–water partition coefficient (Wildman–Crippen LogP) is 7.01. The van der Waals surface area contributed by atoms with Gasteiger partial charge in [-0.3, -0.25) is 9.29 Å². The zero-order valence-corrected chi connectivity index (χ0v) is 20.8. The van der Waals surface area contributed by atoms with Crippen molar-refractivity contribution in [3.63, 3.8) is 0 Å². The van der Waals surface area contributed by atoms with Crippen molar-refractivity contribution in [2.45, 2.75) is 38.1 Å². The van der Waals surface area contributed by atoms with Crippen molar-refractivity contribution < 1.29 is 32.1 Å². The molecule has 0 saturated carbocycles. The summed E-state index contributed by atoms with van der Waals surface area (Å²) in [4.78, 5) is 2.21. The highest BCUT2D eigenvalue weighted by atomic mass is 19.4. The molecule has 0 unspecified atom stereocenters. The van der Waals surface area contributed by atoms with Crippen LogP contribution in [0, 0.1) is 0 Å². The van der Waals surface area contributed by atoms with Gasteiger partial charge in [0.2, 0.25) is 0 Å². The Morgan fingerprint density at radius 2 is 1.61 bits per heavy atom. The molecular formula is C30H29F4NO3. The smallest absolute Gasteiger partial charge is 0.508 e. The second-order valence-corrected chi connectivity index (χ2v) is 9.66. The third-order valence-corrected chi connectivity index (χ3v) is 7.03. The number of benzene rings is 3. The summed E-state index contributed by atoms with van der Waals surface area (Å²) in [6.45, 7) is 2.10. The van der Waals surface area contributed by atoms with Gasteiger partial charge in [-0.25, -0.2) is 0 Å². The highest BCUT2D eigenvalue weighted by molar-refractivity contribution is 6.01. The Morgan fingerprint density at radius 3 is 2.32 bits per heavy atom. The van der Waals surface area contributed by atoms with E-state index in [0.717, 1.165) is 71.6 Å². The van der Waals surface area contributed by atoms with Crippen LogP contribution in [0.2, 0.25) is 0 Å². The van der Waals surface area contributed by atoms with Crippen LogP contribution in [-0.4, -0.2) is 48.8 Å². The summed E-state index contributed by atoms with van der Waals surface area (Å²) in [5.41, 5.74) is 5.62. The zero-order chi connectivity index (χ0) is 26.7. The Morgan fingerprint density at radius 1 is 0.895 bits per heavy atom. The van der Waals surface area contributed by atoms with E-state index in [1.807, 2.05) is 30.3 Å². The number of likely N-dealkylation sites (tertiary alicyclic amines) is 1. The van der Waals surface area contributed by atoms with Crippen molar-refractivity contribution >= 4 is 11.1 Å². The molecular weight excluding hydrogens is 498 g/mol. The average molecular weight is 528 g/mol. The lowest BCUT2D eigenvalue weighted by Crippen LogP contribution is -2.26. The fourth-order valence-electron chi connectivity index (χ4n) is 5.31. The zero-order valence-electron chi connectivity index (χ0n) is 20.8. The molecule has 5 rings (SSSR count). The van der Waals surface area contributed by atoms with Gasteiger partial charge in [0.1, 0.15) is 23.4 Å². The number of allylic oxidation sites excluding steroid dienone is 1. The molecule has 1 fully saturated rings. The Labute approximate surface area is 219 Å². The van der Waals surface area contributed by atoms with Crippen molar-refractivity contribution in [3.05, 3.63) is 89.0 Å². The van der Waals surface area contributed by atoms with Crippen LogP contribution in [-0.2, 0) is 6.42 Å². The van der Waals surface area contributed by atoms with Gasteiger partial charge in [-0.15, -0.1) is 13.2 Å². The Bertz CT molecular complexity index is 1290. The summed E-state index contributed by atoms with van der Waals surface area (Å²) in [7, 11) is 0. The molecule has 1 heterocycles. The fraction of sp³-hybridized carbons (Fsp3) is 0.333. The number of aromatic hydroxyl groups is 1. The molecule has 0 bridgehead atoms. The first-order valence-corrected chi connectivity index (χ1v) is 12.8. The minimum atomic E-state index is -4.75. The van der Waals surface area contributed by atoms with E-state index in [2.05, 4.69) is 9.64 Å². The summed E-state index contributed by atoms with van der Waals surface area (Å²) in [6, 6.07) is 19.0. The molecule has 1 N–H and O–H groups in total. The highest BCUT2D eigenvalue weighted by Gasteiger charge is 2.31. The normalized spacial score (nSPS) is 17.9. The summed E-state index contributed by atoms with van der Waals surface area (Å²) in [6.07, 6.45) is -1.82. The van der Waals surface area contributed by atoms with Crippen molar-refractivity contribution in [2.75, 3.05) is 26.3 Å². The van der Waals surface area contributed by atoms with Crippen LogP contribution in [0.15, 0.2) is 66.7 Å². The number of nitrogens with zero attached hydrogens (tertiary/aromatic N) is 1. The van der Waals surface area contributed by atoms with E-state index in [1.54, 1.807) is 24.3 Å². The van der Waals surface area contributed by atoms with Crippen LogP contribution in [0.5, 0.6) is 17.2 Å². The minimum absolute atomic E-state index is 0.0556. The topological polar surface area (TPSA) is 41.9 Å². The number of hydrogen-bond acceptors (Lipinski definition) is 4. The first kappa shape index (κ1) is 26.1. The number of hydrogen-bond donors (Lipinski definition) is 1. The van der Waals surface area contributed by atoms with Crippen LogP contribution in [0.4, 0.5) is 17.6 Å². The predicted molar refractivity (Wildman–Crippen MR) is 138 cm³/mol. The molecule has 2 aliphatic rings. The van der Waals surface area contributed by atoms with Crippen LogP contribution < -0.4 is 9.47 Å². The maximum atomic E-state index is 12.6. The standard InChI is InChI=1S/C30H29F4NO3/c31-15-1-16-35-17-14-26(19-35)37-24-9-5-22(6-10-24)29-27(13-7-21-2-8-23(36)18-28(21)29)20-3-11-25(12-4-20)38-30(32,33)34/h2-6,8-12,18,26,36H,1,7,13-17,19H2/t26-/m0/s1. The molecule has 200 valence electrons. The molecule has 1 atom stereocenters. The molecule has 1 aliphatic heterocycles. The molecule has 1 saturated heterocycles. The van der Waals surface area contributed by atoms with E-state index < -0.39 is 6.36 Å². The van der Waals surface area contributed by atoms with Crippen LogP contribution in [0.25, 0.3) is 11.1 Å². The minimum Gasteiger partial charge on any atom is -0.508 e. The van der Waals surface area contributed by atoms with E-state index in [4.69, 9.17) is 4.74 Å². The Hall–Kier alpha value is -3.52. The lowest BCUT2D eigenvalue weighted by atomic mass is 9.79. The van der Waals surface area contributed by atoms with Gasteiger partial charge in [-0.1, -0.05) is 30.3 Å². The van der Waals surface area contributed by atoms with Gasteiger partial charge in [0.05, 0.1) is 6.67 Å². The van der Waals surface area contributed by atoms with Crippen molar-refractivity contribution in [1.29, 1.82) is 0 Å². The van der Waals surface area contributed by atoms with Gasteiger partial charge in [0.25, 0.3) is 0 Å². The molecule has 0 amide bonds. The summed E-state index contributed by atoms with van der Waals surface area (Å²) in [5.74, 6) is 0.623. The number of alkyl halides is 4. The first-order chi connectivity index (χ1) is 18.3. The molecule has 4 nitrogen and oxygen atoms in total. The van der Waals surface area contributed by atoms with Crippen molar-refractivity contribution in [1.82, 2.24) is 4.90 Å². The van der Waals surface area contributed by atoms with E-state index in [9.17, 15) is 22.7 Å². The van der Waals surface area contributed by atoms with Gasteiger partial charge < -0.3 is 14.6 Å². The number of halogens is 4. The molecule has 3 aromatic rings. The SMILES string of the molecule is Oc1ccc2c(c1)C(c1ccc(O[C@H]3CCN(CCCF)C3)cc1)=C(c1ccc(OC(F)(F)F)cc1)CC2. The second-order valence-electron chi connectivity index (χ2n) is 9.66. The van der Waals surface area contributed by atoms with Gasteiger partial charge in [-0.05, 0) is 95.5 Å². The molecule has 3 aromatic carbocycles. The maximum Gasteiger partial charge on any atom is 0.573 e. The maximum absolute atomic E-state index is 12.6. The van der Waals surface area contributed by atoms with Crippen molar-refractivity contribution in [2.24, 2.45) is 0 Å². The lowest BCUT2D eigenvalue weighted by molar-refractivity contribution is -0.274. The molecule has 0 radical (unpaired) electrons. The largest absolute Gasteiger partial charge is 0.573 e. The molecule has 8 heteroatoms. The lowest BCUT2D eigenvalue weighted by Gasteiger charge is -2.25. The average Bonchev–Trinajstić information content (AvgIpc) is 3.34. The van der Waals surface area contributed by atoms with Gasteiger partial charge in [0, 0.05) is 19.6 Å². The third kappa shape index (κ3) is 6.13. The van der Waals surface area contributed by atoms with E-state index in [0.29, 0.717) is 12.8 Å². The fourth-order valence-corrected chi connectivity index (χ4v) is 5.31. The van der Waals surface area contributed by atoms with Gasteiger partial charge >= 0.3 is 6.36 Å². The third-order valence-electron chi connectivity index (χ3n) is 7.03. The van der Waals surface area contributed by atoms with Crippen LogP contribution in [0.1, 0.15) is 41.5 Å². The molecule has 0 aromatic heterocycles.